The fourth-order valence-electron chi connectivity index (χ4n) is 4.43. The van der Waals surface area contributed by atoms with Crippen molar-refractivity contribution < 1.29 is 13.2 Å². The van der Waals surface area contributed by atoms with Gasteiger partial charge in [0.2, 0.25) is 0 Å². The molecule has 0 spiro atoms. The molecule has 0 saturated heterocycles. The highest BCUT2D eigenvalue weighted by Crippen LogP contribution is 2.85. The third-order valence-electron chi connectivity index (χ3n) is 6.09. The van der Waals surface area contributed by atoms with E-state index in [2.05, 4.69) is 26.0 Å². The maximum atomic E-state index is 13.0. The molecule has 3 rings (SSSR count). The Morgan fingerprint density at radius 1 is 1.03 bits per heavy atom. The summed E-state index contributed by atoms with van der Waals surface area (Å²) in [5, 5.41) is 20.6. The Morgan fingerprint density at radius 2 is 1.58 bits per heavy atom. The predicted molar refractivity (Wildman–Crippen MR) is 119 cm³/mol. The van der Waals surface area contributed by atoms with E-state index in [4.69, 9.17) is 10.7 Å². The van der Waals surface area contributed by atoms with Crippen LogP contribution in [0.15, 0.2) is 29.3 Å². The smallest absolute Gasteiger partial charge is 0.386 e. The second kappa shape index (κ2) is 8.60. The summed E-state index contributed by atoms with van der Waals surface area (Å²) < 4.78 is 38.1. The van der Waals surface area contributed by atoms with Gasteiger partial charge in [-0.25, -0.2) is 4.99 Å². The van der Waals surface area contributed by atoms with Gasteiger partial charge in [-0.1, -0.05) is 38.8 Å². The van der Waals surface area contributed by atoms with Gasteiger partial charge in [0.25, 0.3) is 0 Å². The van der Waals surface area contributed by atoms with Crippen molar-refractivity contribution in [2.75, 3.05) is 11.5 Å². The monoisotopic (exact) mass is 466 g/mol. The summed E-state index contributed by atoms with van der Waals surface area (Å²) in [6, 6.07) is 9.40. The number of rotatable bonds is 9. The molecule has 2 N–H and O–H groups in total. The van der Waals surface area contributed by atoms with Crippen LogP contribution in [0.25, 0.3) is 0 Å². The van der Waals surface area contributed by atoms with Gasteiger partial charge in [-0.2, -0.15) is 23.7 Å². The molecule has 3 atom stereocenters. The third-order valence-corrected chi connectivity index (χ3v) is 9.39. The van der Waals surface area contributed by atoms with E-state index in [-0.39, 0.29) is 5.84 Å². The predicted octanol–water partition coefficient (Wildman–Crippen LogP) is 5.91. The van der Waals surface area contributed by atoms with Crippen LogP contribution < -0.4 is 5.73 Å². The van der Waals surface area contributed by atoms with Crippen LogP contribution >= 0.6 is 23.5 Å². The maximum Gasteiger partial charge on any atom is 0.416 e. The number of nitrogens with two attached hydrogens (primary N) is 1. The molecule has 1 aliphatic heterocycles. The summed E-state index contributed by atoms with van der Waals surface area (Å²) in [6.07, 6.45) is -0.626. The zero-order valence-electron chi connectivity index (χ0n) is 17.5. The summed E-state index contributed by atoms with van der Waals surface area (Å²) in [5.74, 6) is 1.03. The Bertz CT molecular complexity index is 922. The Hall–Kier alpha value is -1.84. The van der Waals surface area contributed by atoms with Gasteiger partial charge in [0.15, 0.2) is 4.20 Å². The first kappa shape index (κ1) is 23.8. The fourth-order valence-corrected chi connectivity index (χ4v) is 8.12. The van der Waals surface area contributed by atoms with Crippen LogP contribution in [0, 0.1) is 33.5 Å². The van der Waals surface area contributed by atoms with Gasteiger partial charge in [0.05, 0.1) is 17.7 Å². The van der Waals surface area contributed by atoms with Gasteiger partial charge in [-0.05, 0) is 42.0 Å². The quantitative estimate of drug-likeness (QED) is 0.361. The minimum absolute atomic E-state index is 0.120. The van der Waals surface area contributed by atoms with Gasteiger partial charge < -0.3 is 5.73 Å². The first-order chi connectivity index (χ1) is 14.7. The van der Waals surface area contributed by atoms with Crippen molar-refractivity contribution >= 4 is 29.4 Å². The minimum atomic E-state index is -4.45. The molecule has 0 aromatic heterocycles. The van der Waals surface area contributed by atoms with Gasteiger partial charge >= 0.3 is 6.18 Å². The van der Waals surface area contributed by atoms with Crippen molar-refractivity contribution in [2.45, 2.75) is 55.8 Å². The summed E-state index contributed by atoms with van der Waals surface area (Å²) in [6.45, 7) is 4.15. The van der Waals surface area contributed by atoms with Crippen molar-refractivity contribution in [3.63, 3.8) is 0 Å². The van der Waals surface area contributed by atoms with Gasteiger partial charge in [-0.3, -0.25) is 0 Å². The number of fused-ring (bicyclic) bond motifs is 1. The lowest BCUT2D eigenvalue weighted by Gasteiger charge is -2.32. The van der Waals surface area contributed by atoms with Crippen molar-refractivity contribution in [3.05, 3.63) is 35.4 Å². The lowest BCUT2D eigenvalue weighted by atomic mass is 9.97. The van der Waals surface area contributed by atoms with Crippen molar-refractivity contribution in [3.8, 4) is 12.1 Å². The number of benzene rings is 1. The summed E-state index contributed by atoms with van der Waals surface area (Å²) in [7, 11) is 0. The number of hydrogen-bond donors (Lipinski definition) is 1. The Kier molecular flexibility index (Phi) is 6.60. The lowest BCUT2D eigenvalue weighted by molar-refractivity contribution is -0.137. The molecule has 0 radical (unpaired) electrons. The molecule has 1 heterocycles. The van der Waals surface area contributed by atoms with Gasteiger partial charge in [-0.15, -0.1) is 23.5 Å². The fraction of sp³-hybridized carbons (Fsp3) is 0.591. The number of nitrogens with zero attached hydrogens (tertiary/aromatic N) is 3. The molecule has 0 amide bonds. The van der Waals surface area contributed by atoms with Crippen LogP contribution in [0.3, 0.4) is 0 Å². The summed E-state index contributed by atoms with van der Waals surface area (Å²) >= 11 is 3.09. The zero-order valence-corrected chi connectivity index (χ0v) is 19.1. The Morgan fingerprint density at radius 3 is 2.00 bits per heavy atom. The van der Waals surface area contributed by atoms with E-state index in [9.17, 15) is 23.7 Å². The van der Waals surface area contributed by atoms with Crippen LogP contribution in [-0.4, -0.2) is 21.5 Å². The van der Waals surface area contributed by atoms with Gasteiger partial charge in [0.1, 0.15) is 16.7 Å². The van der Waals surface area contributed by atoms with Gasteiger partial charge in [0, 0.05) is 5.92 Å². The molecule has 1 aromatic rings. The molecule has 31 heavy (non-hydrogen) atoms. The first-order valence-corrected chi connectivity index (χ1v) is 12.3. The van der Waals surface area contributed by atoms with Crippen molar-refractivity contribution in [1.29, 1.82) is 10.5 Å². The largest absolute Gasteiger partial charge is 0.416 e. The van der Waals surface area contributed by atoms with Crippen LogP contribution in [0.2, 0.25) is 0 Å². The van der Waals surface area contributed by atoms with Crippen LogP contribution in [0.1, 0.15) is 56.6 Å². The van der Waals surface area contributed by atoms with E-state index in [0.717, 1.165) is 49.3 Å². The number of nitriles is 2. The van der Waals surface area contributed by atoms with E-state index in [1.807, 2.05) is 0 Å². The standard InChI is InChI=1S/C22H25F3N4S2/c1-3-5-11-30-22(31-12-6-4-2)20(14-27)17(19(20,13-26)18(28)29-22)15-7-9-16(10-8-15)21(23,24)25/h7-10,17H,3-6,11-12H2,1-2H3,(H2,28,29). The molecular formula is C22H25F3N4S2. The molecule has 4 nitrogen and oxygen atoms in total. The molecule has 1 saturated carbocycles. The van der Waals surface area contributed by atoms with Crippen molar-refractivity contribution in [2.24, 2.45) is 21.6 Å². The SMILES string of the molecule is CCCCSC1(SCCCC)N=C(N)C2(C#N)C(c3ccc(C(F)(F)F)cc3)C12C#N. The molecule has 1 aliphatic carbocycles. The highest BCUT2D eigenvalue weighted by atomic mass is 32.2. The number of alkyl halides is 3. The van der Waals surface area contributed by atoms with Crippen LogP contribution in [0.4, 0.5) is 13.2 Å². The lowest BCUT2D eigenvalue weighted by Crippen LogP contribution is -2.32. The van der Waals surface area contributed by atoms with E-state index < -0.39 is 32.7 Å². The second-order valence-electron chi connectivity index (χ2n) is 7.88. The summed E-state index contributed by atoms with van der Waals surface area (Å²) in [5.41, 5.74) is 3.53. The number of amidine groups is 1. The zero-order chi connectivity index (χ0) is 22.9. The normalized spacial score (nSPS) is 28.4. The summed E-state index contributed by atoms with van der Waals surface area (Å²) in [4.78, 5) is 4.71. The number of aliphatic imine (C=N–C) groups is 1. The molecule has 1 aromatic carbocycles. The molecule has 2 aliphatic rings. The highest BCUT2D eigenvalue weighted by molar-refractivity contribution is 8.18. The average molecular weight is 467 g/mol. The van der Waals surface area contributed by atoms with Crippen LogP contribution in [0.5, 0.6) is 0 Å². The van der Waals surface area contributed by atoms with E-state index in [1.165, 1.54) is 12.1 Å². The molecular weight excluding hydrogens is 441 g/mol. The molecule has 0 bridgehead atoms. The van der Waals surface area contributed by atoms with E-state index in [1.54, 1.807) is 23.5 Å². The van der Waals surface area contributed by atoms with Crippen LogP contribution in [-0.2, 0) is 6.18 Å². The average Bonchev–Trinajstić information content (AvgIpc) is 3.32. The molecule has 3 unspecified atom stereocenters. The number of thioether (sulfide) groups is 2. The number of unbranched alkanes of at least 4 members (excludes halogenated alkanes) is 2. The Labute approximate surface area is 189 Å². The first-order valence-electron chi connectivity index (χ1n) is 10.3. The second-order valence-corrected chi connectivity index (χ2v) is 10.7. The molecule has 9 heteroatoms. The minimum Gasteiger partial charge on any atom is -0.386 e. The molecule has 166 valence electrons. The van der Waals surface area contributed by atoms with E-state index >= 15 is 0 Å². The third kappa shape index (κ3) is 3.41. The maximum absolute atomic E-state index is 13.0. The molecule has 1 fully saturated rings. The Balaban J connectivity index is 2.07. The van der Waals surface area contributed by atoms with E-state index in [0.29, 0.717) is 5.56 Å². The topological polar surface area (TPSA) is 86.0 Å². The highest BCUT2D eigenvalue weighted by Gasteiger charge is 2.91. The number of halogens is 3. The van der Waals surface area contributed by atoms with Crippen molar-refractivity contribution in [1.82, 2.24) is 0 Å². The number of hydrogen-bond acceptors (Lipinski definition) is 6.